The number of aromatic carboxylic acids is 1. The molecule has 1 rings (SSSR count). The molecule has 0 aromatic heterocycles. The molecule has 6 heteroatoms. The number of carboxylic acids is 1. The lowest BCUT2D eigenvalue weighted by molar-refractivity contribution is 0.0697. The quantitative estimate of drug-likeness (QED) is 0.655. The predicted molar refractivity (Wildman–Crippen MR) is 44.9 cm³/mol. The molecule has 0 amide bonds. The van der Waals surface area contributed by atoms with E-state index in [0.717, 1.165) is 0 Å². The van der Waals surface area contributed by atoms with Crippen molar-refractivity contribution in [3.8, 4) is 0 Å². The van der Waals surface area contributed by atoms with Crippen molar-refractivity contribution in [2.24, 2.45) is 0 Å². The van der Waals surface area contributed by atoms with Crippen molar-refractivity contribution >= 4 is 17.3 Å². The lowest BCUT2D eigenvalue weighted by Gasteiger charge is -1.88. The van der Waals surface area contributed by atoms with E-state index in [1.807, 2.05) is 0 Å². The van der Waals surface area contributed by atoms with Crippen LogP contribution < -0.4 is 0 Å². The molecule has 1 aromatic rings. The average Bonchev–Trinajstić information content (AvgIpc) is 2.05. The Hall–Kier alpha value is -1.24. The Labute approximate surface area is 77.1 Å². The molecule has 1 unspecified atom stereocenters. The lowest BCUT2D eigenvalue weighted by Crippen LogP contribution is -1.93. The molecule has 5 nitrogen and oxygen atoms in total. The first-order valence-electron chi connectivity index (χ1n) is 3.10. The van der Waals surface area contributed by atoms with E-state index < -0.39 is 17.3 Å². The minimum absolute atomic E-state index is 0.331. The van der Waals surface area contributed by atoms with Crippen molar-refractivity contribution in [2.45, 2.75) is 0 Å². The normalized spacial score (nSPS) is 10.9. The molecule has 0 fully saturated rings. The van der Waals surface area contributed by atoms with Crippen LogP contribution in [0.4, 0.5) is 0 Å². The molecule has 0 saturated carbocycles. The Morgan fingerprint density at radius 2 is 1.69 bits per heavy atom. The zero-order valence-corrected chi connectivity index (χ0v) is 7.23. The molecule has 0 aliphatic rings. The highest BCUT2D eigenvalue weighted by molar-refractivity contribution is 7.73. The van der Waals surface area contributed by atoms with Crippen molar-refractivity contribution in [1.82, 2.24) is 0 Å². The SMILES string of the molecule is O=C(O)c1ccccc1.O=S([O-])O. The molecule has 2 N–H and O–H groups in total. The fourth-order valence-corrected chi connectivity index (χ4v) is 0.581. The number of hydrogen-bond donors (Lipinski definition) is 2. The van der Waals surface area contributed by atoms with Crippen LogP contribution in [-0.2, 0) is 11.4 Å². The summed E-state index contributed by atoms with van der Waals surface area (Å²) in [7, 11) is 0. The average molecular weight is 203 g/mol. The second-order valence-corrected chi connectivity index (χ2v) is 2.32. The molecule has 0 spiro atoms. The van der Waals surface area contributed by atoms with Gasteiger partial charge in [0.15, 0.2) is 0 Å². The van der Waals surface area contributed by atoms with Crippen LogP contribution in [0.1, 0.15) is 10.4 Å². The van der Waals surface area contributed by atoms with Gasteiger partial charge in [0.2, 0.25) is 0 Å². The Balaban J connectivity index is 0.000000310. The lowest BCUT2D eigenvalue weighted by atomic mass is 10.2. The van der Waals surface area contributed by atoms with Crippen molar-refractivity contribution in [3.63, 3.8) is 0 Å². The number of carbonyl (C=O) groups is 1. The number of rotatable bonds is 1. The van der Waals surface area contributed by atoms with Crippen molar-refractivity contribution < 1.29 is 23.2 Å². The minimum Gasteiger partial charge on any atom is -0.750 e. The van der Waals surface area contributed by atoms with Crippen molar-refractivity contribution in [1.29, 1.82) is 0 Å². The molecule has 1 aromatic carbocycles. The number of hydrogen-bond acceptors (Lipinski definition) is 3. The smallest absolute Gasteiger partial charge is 0.335 e. The molecule has 0 radical (unpaired) electrons. The van der Waals surface area contributed by atoms with Crippen LogP contribution in [0.3, 0.4) is 0 Å². The van der Waals surface area contributed by atoms with Crippen LogP contribution in [0.15, 0.2) is 30.3 Å². The standard InChI is InChI=1S/C7H6O2.H2O3S/c8-7(9)6-4-2-1-3-5-6;1-4(2)3/h1-5H,(H,8,9);(H2,1,2,3)/p-1. The third-order valence-electron chi connectivity index (χ3n) is 1.02. The fraction of sp³-hybridized carbons (Fsp3) is 0. The summed E-state index contributed by atoms with van der Waals surface area (Å²) in [5.41, 5.74) is 0.331. The molecular weight excluding hydrogens is 196 g/mol. The van der Waals surface area contributed by atoms with E-state index in [4.69, 9.17) is 18.4 Å². The summed E-state index contributed by atoms with van der Waals surface area (Å²) in [4.78, 5) is 10.2. The van der Waals surface area contributed by atoms with Crippen LogP contribution in [0.5, 0.6) is 0 Å². The van der Waals surface area contributed by atoms with E-state index in [2.05, 4.69) is 0 Å². The Morgan fingerprint density at radius 3 is 1.92 bits per heavy atom. The van der Waals surface area contributed by atoms with E-state index in [1.165, 1.54) is 0 Å². The number of benzene rings is 1. The van der Waals surface area contributed by atoms with Gasteiger partial charge in [0.1, 0.15) is 0 Å². The molecule has 0 bridgehead atoms. The van der Waals surface area contributed by atoms with E-state index in [1.54, 1.807) is 30.3 Å². The van der Waals surface area contributed by atoms with Crippen LogP contribution in [0.25, 0.3) is 0 Å². The van der Waals surface area contributed by atoms with Gasteiger partial charge in [-0.3, -0.25) is 0 Å². The molecule has 0 heterocycles. The van der Waals surface area contributed by atoms with Gasteiger partial charge < -0.3 is 14.2 Å². The molecule has 1 atom stereocenters. The van der Waals surface area contributed by atoms with Gasteiger partial charge in [0.25, 0.3) is 0 Å². The van der Waals surface area contributed by atoms with E-state index in [9.17, 15) is 4.79 Å². The molecule has 72 valence electrons. The summed E-state index contributed by atoms with van der Waals surface area (Å²) in [6.45, 7) is 0. The number of carboxylic acid groups (broad SMARTS) is 1. The highest BCUT2D eigenvalue weighted by Crippen LogP contribution is 1.96. The first-order chi connectivity index (χ1) is 6.04. The maximum atomic E-state index is 10.2. The summed E-state index contributed by atoms with van der Waals surface area (Å²) in [5, 5.41) is 8.38. The van der Waals surface area contributed by atoms with Gasteiger partial charge in [0.05, 0.1) is 16.9 Å². The highest BCUT2D eigenvalue weighted by atomic mass is 32.2. The zero-order valence-electron chi connectivity index (χ0n) is 6.41. The van der Waals surface area contributed by atoms with E-state index in [-0.39, 0.29) is 0 Å². The van der Waals surface area contributed by atoms with Gasteiger partial charge in [-0.15, -0.1) is 0 Å². The van der Waals surface area contributed by atoms with Crippen LogP contribution in [0.2, 0.25) is 0 Å². The summed E-state index contributed by atoms with van der Waals surface area (Å²) in [6.07, 6.45) is 0. The van der Waals surface area contributed by atoms with Gasteiger partial charge in [-0.25, -0.2) is 9.00 Å². The molecule has 0 aliphatic carbocycles. The Kier molecular flexibility index (Phi) is 5.69. The second kappa shape index (κ2) is 6.30. The second-order valence-electron chi connectivity index (χ2n) is 1.89. The third kappa shape index (κ3) is 7.13. The summed E-state index contributed by atoms with van der Waals surface area (Å²) >= 11 is -2.86. The Morgan fingerprint density at radius 1 is 1.31 bits per heavy atom. The molecule has 0 saturated heterocycles. The van der Waals surface area contributed by atoms with E-state index >= 15 is 0 Å². The van der Waals surface area contributed by atoms with Crippen LogP contribution >= 0.6 is 0 Å². The third-order valence-corrected chi connectivity index (χ3v) is 1.02. The van der Waals surface area contributed by atoms with Crippen molar-refractivity contribution in [3.05, 3.63) is 35.9 Å². The summed E-state index contributed by atoms with van der Waals surface area (Å²) in [6, 6.07) is 8.30. The minimum atomic E-state index is -2.86. The fourth-order valence-electron chi connectivity index (χ4n) is 0.581. The van der Waals surface area contributed by atoms with Crippen molar-refractivity contribution in [2.75, 3.05) is 0 Å². The van der Waals surface area contributed by atoms with Gasteiger partial charge in [-0.1, -0.05) is 18.2 Å². The Bertz CT molecular complexity index is 280. The van der Waals surface area contributed by atoms with Gasteiger partial charge in [0, 0.05) is 0 Å². The van der Waals surface area contributed by atoms with Gasteiger partial charge in [-0.2, -0.15) is 0 Å². The molecule has 13 heavy (non-hydrogen) atoms. The van der Waals surface area contributed by atoms with Crippen LogP contribution in [-0.4, -0.2) is 24.4 Å². The predicted octanol–water partition coefficient (Wildman–Crippen LogP) is 0.723. The maximum absolute atomic E-state index is 10.2. The topological polar surface area (TPSA) is 97.7 Å². The van der Waals surface area contributed by atoms with E-state index in [0.29, 0.717) is 5.56 Å². The molecule has 0 aliphatic heterocycles. The maximum Gasteiger partial charge on any atom is 0.335 e. The largest absolute Gasteiger partial charge is 0.750 e. The summed E-state index contributed by atoms with van der Waals surface area (Å²) < 4.78 is 24.1. The van der Waals surface area contributed by atoms with Gasteiger partial charge in [-0.05, 0) is 12.1 Å². The van der Waals surface area contributed by atoms with Gasteiger partial charge >= 0.3 is 5.97 Å². The summed E-state index contributed by atoms with van der Waals surface area (Å²) in [5.74, 6) is -0.879. The monoisotopic (exact) mass is 203 g/mol. The zero-order chi connectivity index (χ0) is 10.3. The van der Waals surface area contributed by atoms with Crippen LogP contribution in [0, 0.1) is 0 Å². The highest BCUT2D eigenvalue weighted by Gasteiger charge is 1.96. The first-order valence-corrected chi connectivity index (χ1v) is 4.14. The first kappa shape index (κ1) is 11.8. The molecular formula is C7H7O5S-.